The highest BCUT2D eigenvalue weighted by Crippen LogP contribution is 2.22. The molecule has 0 saturated carbocycles. The van der Waals surface area contributed by atoms with E-state index >= 15 is 0 Å². The topological polar surface area (TPSA) is 71.0 Å². The molecule has 0 amide bonds. The molecule has 0 unspecified atom stereocenters. The van der Waals surface area contributed by atoms with Crippen molar-refractivity contribution in [3.8, 4) is 17.1 Å². The Bertz CT molecular complexity index is 760. The van der Waals surface area contributed by atoms with Gasteiger partial charge in [-0.1, -0.05) is 18.2 Å². The summed E-state index contributed by atoms with van der Waals surface area (Å²) in [7, 11) is 0. The molecule has 0 radical (unpaired) electrons. The second-order valence-electron chi connectivity index (χ2n) is 5.90. The third kappa shape index (κ3) is 3.76. The first-order chi connectivity index (χ1) is 11.0. The number of hydrogen-bond acceptors (Lipinski definition) is 4. The van der Waals surface area contributed by atoms with Crippen LogP contribution in [0.5, 0.6) is 5.75 Å². The van der Waals surface area contributed by atoms with Crippen LogP contribution in [0.25, 0.3) is 11.4 Å². The van der Waals surface area contributed by atoms with Crippen LogP contribution < -0.4 is 4.74 Å². The Kier molecular flexibility index (Phi) is 4.12. The van der Waals surface area contributed by atoms with Gasteiger partial charge in [0.05, 0.1) is 23.2 Å². The predicted molar refractivity (Wildman–Crippen MR) is 87.8 cm³/mol. The van der Waals surface area contributed by atoms with Crippen molar-refractivity contribution < 1.29 is 9.84 Å². The van der Waals surface area contributed by atoms with Gasteiger partial charge in [-0.25, -0.2) is 0 Å². The summed E-state index contributed by atoms with van der Waals surface area (Å²) in [6, 6.07) is 13.4. The van der Waals surface area contributed by atoms with E-state index in [0.717, 1.165) is 22.5 Å². The molecular formula is C18H19N3O2. The van der Waals surface area contributed by atoms with Crippen LogP contribution in [0.1, 0.15) is 25.0 Å². The van der Waals surface area contributed by atoms with E-state index in [9.17, 15) is 5.11 Å². The van der Waals surface area contributed by atoms with E-state index in [1.807, 2.05) is 42.5 Å². The molecule has 118 valence electrons. The quantitative estimate of drug-likeness (QED) is 0.759. The van der Waals surface area contributed by atoms with Gasteiger partial charge in [-0.05, 0) is 49.2 Å². The summed E-state index contributed by atoms with van der Waals surface area (Å²) in [6.45, 7) is 3.96. The van der Waals surface area contributed by atoms with E-state index in [2.05, 4.69) is 15.2 Å². The lowest BCUT2D eigenvalue weighted by Crippen LogP contribution is -2.15. The summed E-state index contributed by atoms with van der Waals surface area (Å²) in [4.78, 5) is 4.35. The summed E-state index contributed by atoms with van der Waals surface area (Å²) in [5.41, 5.74) is 2.70. The Morgan fingerprint density at radius 3 is 2.70 bits per heavy atom. The SMILES string of the molecule is CC(C)(O)c1cccc(COc2ccc(-c3ccn[nH]3)nc2)c1. The van der Waals surface area contributed by atoms with Gasteiger partial charge in [0.2, 0.25) is 0 Å². The lowest BCUT2D eigenvalue weighted by molar-refractivity contribution is 0.0784. The molecule has 2 aromatic heterocycles. The number of H-pyrrole nitrogens is 1. The van der Waals surface area contributed by atoms with Gasteiger partial charge in [-0.3, -0.25) is 10.1 Å². The minimum atomic E-state index is -0.858. The fourth-order valence-corrected chi connectivity index (χ4v) is 2.23. The van der Waals surface area contributed by atoms with Crippen molar-refractivity contribution in [2.45, 2.75) is 26.1 Å². The van der Waals surface area contributed by atoms with Gasteiger partial charge in [0, 0.05) is 6.20 Å². The zero-order chi connectivity index (χ0) is 16.3. The first-order valence-corrected chi connectivity index (χ1v) is 7.43. The minimum absolute atomic E-state index is 0.426. The number of nitrogens with one attached hydrogen (secondary N) is 1. The number of aromatic nitrogens is 3. The lowest BCUT2D eigenvalue weighted by Gasteiger charge is -2.18. The molecule has 5 heteroatoms. The normalized spacial score (nSPS) is 11.4. The van der Waals surface area contributed by atoms with E-state index < -0.39 is 5.60 Å². The number of hydrogen-bond donors (Lipinski definition) is 2. The average Bonchev–Trinajstić information content (AvgIpc) is 3.07. The number of aliphatic hydroxyl groups is 1. The third-order valence-corrected chi connectivity index (χ3v) is 3.55. The molecule has 2 N–H and O–H groups in total. The minimum Gasteiger partial charge on any atom is -0.487 e. The molecular weight excluding hydrogens is 290 g/mol. The fourth-order valence-electron chi connectivity index (χ4n) is 2.23. The lowest BCUT2D eigenvalue weighted by atomic mass is 9.97. The molecule has 3 aromatic rings. The molecule has 0 spiro atoms. The highest BCUT2D eigenvalue weighted by atomic mass is 16.5. The fraction of sp³-hybridized carbons (Fsp3) is 0.222. The van der Waals surface area contributed by atoms with E-state index in [-0.39, 0.29) is 0 Å². The second kappa shape index (κ2) is 6.22. The second-order valence-corrected chi connectivity index (χ2v) is 5.90. The molecule has 0 saturated heterocycles. The molecule has 0 atom stereocenters. The van der Waals surface area contributed by atoms with Crippen LogP contribution in [0.2, 0.25) is 0 Å². The van der Waals surface area contributed by atoms with Crippen molar-refractivity contribution in [2.24, 2.45) is 0 Å². The molecule has 0 aliphatic rings. The van der Waals surface area contributed by atoms with Crippen molar-refractivity contribution in [1.82, 2.24) is 15.2 Å². The summed E-state index contributed by atoms with van der Waals surface area (Å²) in [5.74, 6) is 0.696. The van der Waals surface area contributed by atoms with Crippen molar-refractivity contribution in [3.05, 3.63) is 66.0 Å². The molecule has 1 aromatic carbocycles. The first kappa shape index (κ1) is 15.2. The predicted octanol–water partition coefficient (Wildman–Crippen LogP) is 3.28. The smallest absolute Gasteiger partial charge is 0.138 e. The summed E-state index contributed by atoms with van der Waals surface area (Å²) >= 11 is 0. The molecule has 2 heterocycles. The summed E-state index contributed by atoms with van der Waals surface area (Å²) < 4.78 is 5.76. The molecule has 0 fully saturated rings. The van der Waals surface area contributed by atoms with Gasteiger partial charge in [0.1, 0.15) is 12.4 Å². The van der Waals surface area contributed by atoms with Gasteiger partial charge < -0.3 is 9.84 Å². The standard InChI is InChI=1S/C18H19N3O2/c1-18(2,22)14-5-3-4-13(10-14)12-23-15-6-7-16(19-11-15)17-8-9-20-21-17/h3-11,22H,12H2,1-2H3,(H,20,21). The molecule has 23 heavy (non-hydrogen) atoms. The Morgan fingerprint density at radius 2 is 2.04 bits per heavy atom. The van der Waals surface area contributed by atoms with Crippen LogP contribution in [0, 0.1) is 0 Å². The molecule has 0 aliphatic carbocycles. The zero-order valence-corrected chi connectivity index (χ0v) is 13.2. The molecule has 5 nitrogen and oxygen atoms in total. The van der Waals surface area contributed by atoms with Crippen LogP contribution in [0.3, 0.4) is 0 Å². The molecule has 0 bridgehead atoms. The highest BCUT2D eigenvalue weighted by Gasteiger charge is 2.15. The van der Waals surface area contributed by atoms with E-state index in [0.29, 0.717) is 12.4 Å². The summed E-state index contributed by atoms with van der Waals surface area (Å²) in [6.07, 6.45) is 3.38. The first-order valence-electron chi connectivity index (χ1n) is 7.43. The highest BCUT2D eigenvalue weighted by molar-refractivity contribution is 5.53. The maximum atomic E-state index is 10.1. The van der Waals surface area contributed by atoms with Gasteiger partial charge in [-0.15, -0.1) is 0 Å². The maximum Gasteiger partial charge on any atom is 0.138 e. The maximum absolute atomic E-state index is 10.1. The third-order valence-electron chi connectivity index (χ3n) is 3.55. The number of pyridine rings is 1. The van der Waals surface area contributed by atoms with E-state index in [1.54, 1.807) is 26.2 Å². The van der Waals surface area contributed by atoms with Crippen LogP contribution in [0.15, 0.2) is 54.9 Å². The number of nitrogens with zero attached hydrogens (tertiary/aromatic N) is 2. The van der Waals surface area contributed by atoms with Crippen LogP contribution >= 0.6 is 0 Å². The molecule has 0 aliphatic heterocycles. The Balaban J connectivity index is 1.67. The average molecular weight is 309 g/mol. The number of aromatic amines is 1. The monoisotopic (exact) mass is 309 g/mol. The number of ether oxygens (including phenoxy) is 1. The van der Waals surface area contributed by atoms with Gasteiger partial charge >= 0.3 is 0 Å². The van der Waals surface area contributed by atoms with Crippen molar-refractivity contribution in [3.63, 3.8) is 0 Å². The van der Waals surface area contributed by atoms with E-state index in [1.165, 1.54) is 0 Å². The van der Waals surface area contributed by atoms with Crippen molar-refractivity contribution in [1.29, 1.82) is 0 Å². The van der Waals surface area contributed by atoms with Crippen LogP contribution in [-0.2, 0) is 12.2 Å². The van der Waals surface area contributed by atoms with Crippen molar-refractivity contribution >= 4 is 0 Å². The Morgan fingerprint density at radius 1 is 1.17 bits per heavy atom. The Labute approximate surface area is 135 Å². The van der Waals surface area contributed by atoms with Gasteiger partial charge in [0.15, 0.2) is 0 Å². The number of benzene rings is 1. The largest absolute Gasteiger partial charge is 0.487 e. The van der Waals surface area contributed by atoms with Crippen molar-refractivity contribution in [2.75, 3.05) is 0 Å². The number of rotatable bonds is 5. The molecule has 3 rings (SSSR count). The summed E-state index contributed by atoms with van der Waals surface area (Å²) in [5, 5.41) is 16.8. The zero-order valence-electron chi connectivity index (χ0n) is 13.2. The Hall–Kier alpha value is -2.66. The van der Waals surface area contributed by atoms with E-state index in [4.69, 9.17) is 4.74 Å². The van der Waals surface area contributed by atoms with Gasteiger partial charge in [-0.2, -0.15) is 5.10 Å². The van der Waals surface area contributed by atoms with Crippen LogP contribution in [-0.4, -0.2) is 20.3 Å². The van der Waals surface area contributed by atoms with Gasteiger partial charge in [0.25, 0.3) is 0 Å². The van der Waals surface area contributed by atoms with Crippen LogP contribution in [0.4, 0.5) is 0 Å².